The van der Waals surface area contributed by atoms with Gasteiger partial charge in [0.25, 0.3) is 0 Å². The maximum Gasteiger partial charge on any atom is 0.0360 e. The zero-order valence-corrected chi connectivity index (χ0v) is 10.9. The van der Waals surface area contributed by atoms with E-state index in [9.17, 15) is 4.21 Å². The Morgan fingerprint density at radius 3 is 2.60 bits per heavy atom. The summed E-state index contributed by atoms with van der Waals surface area (Å²) in [6, 6.07) is 0. The summed E-state index contributed by atoms with van der Waals surface area (Å²) in [6.45, 7) is 4.43. The van der Waals surface area contributed by atoms with Crippen LogP contribution in [0, 0.1) is 0 Å². The predicted octanol–water partition coefficient (Wildman–Crippen LogP) is 0.441. The van der Waals surface area contributed by atoms with Gasteiger partial charge in [0.1, 0.15) is 0 Å². The van der Waals surface area contributed by atoms with Gasteiger partial charge in [-0.3, -0.25) is 4.21 Å². The molecule has 1 atom stereocenters. The third kappa shape index (κ3) is 8.25. The van der Waals surface area contributed by atoms with Crippen LogP contribution in [0.5, 0.6) is 0 Å². The van der Waals surface area contributed by atoms with Gasteiger partial charge >= 0.3 is 0 Å². The van der Waals surface area contributed by atoms with Crippen molar-refractivity contribution in [2.75, 3.05) is 49.2 Å². The zero-order valence-electron chi connectivity index (χ0n) is 9.30. The molecule has 0 spiro atoms. The van der Waals surface area contributed by atoms with E-state index < -0.39 is 10.8 Å². The highest BCUT2D eigenvalue weighted by Crippen LogP contribution is 2.02. The summed E-state index contributed by atoms with van der Waals surface area (Å²) in [5.74, 6) is 4.40. The molecule has 0 aromatic carbocycles. The largest absolute Gasteiger partial charge is 0.316 e. The van der Waals surface area contributed by atoms with Crippen molar-refractivity contribution in [3.8, 4) is 0 Å². The second kappa shape index (κ2) is 9.63. The molecule has 15 heavy (non-hydrogen) atoms. The van der Waals surface area contributed by atoms with Gasteiger partial charge < -0.3 is 10.6 Å². The third-order valence-electron chi connectivity index (χ3n) is 2.30. The second-order valence-electron chi connectivity index (χ2n) is 3.67. The molecular weight excluding hydrogens is 228 g/mol. The predicted molar refractivity (Wildman–Crippen MR) is 70.2 cm³/mol. The van der Waals surface area contributed by atoms with Crippen molar-refractivity contribution in [2.24, 2.45) is 0 Å². The molecule has 2 fully saturated rings. The van der Waals surface area contributed by atoms with Crippen LogP contribution in [0.25, 0.3) is 0 Å². The highest BCUT2D eigenvalue weighted by Gasteiger charge is 2.02. The van der Waals surface area contributed by atoms with Gasteiger partial charge in [0.15, 0.2) is 0 Å². The van der Waals surface area contributed by atoms with E-state index >= 15 is 0 Å². The van der Waals surface area contributed by atoms with Crippen LogP contribution in [-0.2, 0) is 10.8 Å². The summed E-state index contributed by atoms with van der Waals surface area (Å²) in [4.78, 5) is 0. The molecule has 2 N–H and O–H groups in total. The minimum absolute atomic E-state index is 0.520. The Kier molecular flexibility index (Phi) is 8.66. The SMILES string of the molecule is C1CNCCSC1.O=S1CCCNCC1. The van der Waals surface area contributed by atoms with Gasteiger partial charge in [-0.25, -0.2) is 0 Å². The molecule has 2 aliphatic heterocycles. The van der Waals surface area contributed by atoms with Gasteiger partial charge in [-0.05, 0) is 31.7 Å². The summed E-state index contributed by atoms with van der Waals surface area (Å²) >= 11 is 2.05. The number of nitrogens with one attached hydrogen (secondary N) is 2. The van der Waals surface area contributed by atoms with Crippen molar-refractivity contribution >= 4 is 22.6 Å². The second-order valence-corrected chi connectivity index (χ2v) is 6.59. The molecule has 90 valence electrons. The Bertz CT molecular complexity index is 149. The van der Waals surface area contributed by atoms with Crippen LogP contribution in [0.1, 0.15) is 12.8 Å². The van der Waals surface area contributed by atoms with E-state index in [-0.39, 0.29) is 0 Å². The molecule has 5 heteroatoms. The molecule has 0 aliphatic carbocycles. The van der Waals surface area contributed by atoms with Crippen LogP contribution in [0.15, 0.2) is 0 Å². The lowest BCUT2D eigenvalue weighted by molar-refractivity contribution is 0.683. The number of rotatable bonds is 0. The van der Waals surface area contributed by atoms with Crippen LogP contribution in [0.4, 0.5) is 0 Å². The van der Waals surface area contributed by atoms with Crippen molar-refractivity contribution in [1.29, 1.82) is 0 Å². The first-order valence-electron chi connectivity index (χ1n) is 5.74. The molecule has 0 radical (unpaired) electrons. The topological polar surface area (TPSA) is 41.1 Å². The van der Waals surface area contributed by atoms with Crippen LogP contribution in [-0.4, -0.2) is 53.4 Å². The molecule has 2 saturated heterocycles. The maximum absolute atomic E-state index is 10.8. The van der Waals surface area contributed by atoms with Crippen LogP contribution < -0.4 is 10.6 Å². The molecule has 1 unspecified atom stereocenters. The molecule has 2 aliphatic rings. The maximum atomic E-state index is 10.8. The lowest BCUT2D eigenvalue weighted by atomic mass is 10.5. The van der Waals surface area contributed by atoms with Gasteiger partial charge in [0, 0.05) is 41.1 Å². The minimum atomic E-state index is -0.520. The first kappa shape index (κ1) is 13.5. The van der Waals surface area contributed by atoms with Crippen molar-refractivity contribution in [1.82, 2.24) is 10.6 Å². The molecule has 0 saturated carbocycles. The molecule has 2 heterocycles. The Balaban J connectivity index is 0.000000151. The van der Waals surface area contributed by atoms with Crippen LogP contribution >= 0.6 is 11.8 Å². The summed E-state index contributed by atoms with van der Waals surface area (Å²) in [7, 11) is -0.520. The first-order valence-corrected chi connectivity index (χ1v) is 8.38. The smallest absolute Gasteiger partial charge is 0.0360 e. The van der Waals surface area contributed by atoms with Gasteiger partial charge in [-0.1, -0.05) is 0 Å². The molecule has 0 bridgehead atoms. The molecule has 0 aromatic rings. The summed E-state index contributed by atoms with van der Waals surface area (Å²) < 4.78 is 10.8. The van der Waals surface area contributed by atoms with Crippen molar-refractivity contribution in [2.45, 2.75) is 12.8 Å². The first-order chi connectivity index (χ1) is 7.39. The fourth-order valence-electron chi connectivity index (χ4n) is 1.44. The summed E-state index contributed by atoms with van der Waals surface area (Å²) in [5, 5.41) is 6.51. The van der Waals surface area contributed by atoms with E-state index in [1.54, 1.807) is 0 Å². The van der Waals surface area contributed by atoms with Gasteiger partial charge in [-0.15, -0.1) is 0 Å². The molecule has 3 nitrogen and oxygen atoms in total. The standard InChI is InChI=1S/C5H11NOS.C5H11NS/c7-8-4-1-2-6-3-5-8;1-2-6-3-5-7-4-1/h6H,1-5H2;6H,1-5H2. The quantitative estimate of drug-likeness (QED) is 0.655. The Morgan fingerprint density at radius 2 is 1.67 bits per heavy atom. The Hall–Kier alpha value is 0.420. The Labute approximate surface area is 99.6 Å². The molecule has 2 rings (SSSR count). The van der Waals surface area contributed by atoms with Gasteiger partial charge in [0.05, 0.1) is 0 Å². The zero-order chi connectivity index (χ0) is 10.8. The third-order valence-corrected chi connectivity index (χ3v) is 4.77. The van der Waals surface area contributed by atoms with E-state index in [0.717, 1.165) is 31.0 Å². The van der Waals surface area contributed by atoms with Gasteiger partial charge in [0.2, 0.25) is 0 Å². The monoisotopic (exact) mass is 250 g/mol. The molecule has 0 aromatic heterocycles. The number of hydrogen-bond donors (Lipinski definition) is 2. The summed E-state index contributed by atoms with van der Waals surface area (Å²) in [5.41, 5.74) is 0. The Morgan fingerprint density at radius 1 is 0.867 bits per heavy atom. The van der Waals surface area contributed by atoms with E-state index in [1.807, 2.05) is 0 Å². The highest BCUT2D eigenvalue weighted by molar-refractivity contribution is 7.99. The van der Waals surface area contributed by atoms with E-state index in [2.05, 4.69) is 22.4 Å². The fraction of sp³-hybridized carbons (Fsp3) is 1.00. The average molecular weight is 250 g/mol. The van der Waals surface area contributed by atoms with E-state index in [1.165, 1.54) is 31.0 Å². The highest BCUT2D eigenvalue weighted by atomic mass is 32.2. The van der Waals surface area contributed by atoms with Gasteiger partial charge in [-0.2, -0.15) is 11.8 Å². The van der Waals surface area contributed by atoms with Crippen molar-refractivity contribution in [3.63, 3.8) is 0 Å². The summed E-state index contributed by atoms with van der Waals surface area (Å²) in [6.07, 6.45) is 2.43. The molecule has 0 amide bonds. The van der Waals surface area contributed by atoms with Crippen LogP contribution in [0.2, 0.25) is 0 Å². The fourth-order valence-corrected chi connectivity index (χ4v) is 3.33. The number of hydrogen-bond acceptors (Lipinski definition) is 4. The lowest BCUT2D eigenvalue weighted by Crippen LogP contribution is -2.16. The normalized spacial score (nSPS) is 28.1. The van der Waals surface area contributed by atoms with Crippen molar-refractivity contribution < 1.29 is 4.21 Å². The minimum Gasteiger partial charge on any atom is -0.316 e. The van der Waals surface area contributed by atoms with Crippen molar-refractivity contribution in [3.05, 3.63) is 0 Å². The molecular formula is C10H22N2OS2. The van der Waals surface area contributed by atoms with E-state index in [4.69, 9.17) is 0 Å². The average Bonchev–Trinajstić information content (AvgIpc) is 2.64. The van der Waals surface area contributed by atoms with E-state index in [0.29, 0.717) is 0 Å². The van der Waals surface area contributed by atoms with Crippen LogP contribution in [0.3, 0.4) is 0 Å². The lowest BCUT2D eigenvalue weighted by Gasteiger charge is -1.91. The number of thioether (sulfide) groups is 1.